The summed E-state index contributed by atoms with van der Waals surface area (Å²) in [5.41, 5.74) is 6.63. The Balaban J connectivity index is 1.38. The molecular weight excluding hydrogens is 411 g/mol. The van der Waals surface area contributed by atoms with E-state index in [2.05, 4.69) is 61.4 Å². The molecule has 0 bridgehead atoms. The van der Waals surface area contributed by atoms with Gasteiger partial charge in [-0.25, -0.2) is 9.07 Å². The van der Waals surface area contributed by atoms with Gasteiger partial charge < -0.3 is 5.11 Å². The van der Waals surface area contributed by atoms with E-state index in [-0.39, 0.29) is 17.2 Å². The largest absolute Gasteiger partial charge is 0.388 e. The maximum absolute atomic E-state index is 13.4. The van der Waals surface area contributed by atoms with Gasteiger partial charge in [-0.3, -0.25) is 0 Å². The van der Waals surface area contributed by atoms with Gasteiger partial charge in [-0.2, -0.15) is 5.10 Å². The average Bonchev–Trinajstić information content (AvgIpc) is 3.37. The molecule has 3 atom stereocenters. The van der Waals surface area contributed by atoms with Crippen LogP contribution in [0.4, 0.5) is 4.39 Å². The molecule has 6 rings (SSSR count). The van der Waals surface area contributed by atoms with E-state index in [1.54, 1.807) is 12.1 Å². The quantitative estimate of drug-likeness (QED) is 0.393. The molecule has 4 aromatic rings. The van der Waals surface area contributed by atoms with Crippen LogP contribution >= 0.6 is 0 Å². The van der Waals surface area contributed by atoms with Crippen molar-refractivity contribution in [2.45, 2.75) is 39.2 Å². The second-order valence-electron chi connectivity index (χ2n) is 9.81. The van der Waals surface area contributed by atoms with E-state index in [0.29, 0.717) is 0 Å². The van der Waals surface area contributed by atoms with Crippen LogP contribution in [0.5, 0.6) is 0 Å². The van der Waals surface area contributed by atoms with Gasteiger partial charge in [0, 0.05) is 0 Å². The lowest BCUT2D eigenvalue weighted by molar-refractivity contribution is 0.0567. The Morgan fingerprint density at radius 2 is 1.82 bits per heavy atom. The highest BCUT2D eigenvalue weighted by atomic mass is 19.1. The van der Waals surface area contributed by atoms with Gasteiger partial charge in [-0.15, -0.1) is 0 Å². The minimum atomic E-state index is -0.528. The van der Waals surface area contributed by atoms with E-state index in [0.717, 1.165) is 41.6 Å². The van der Waals surface area contributed by atoms with Crippen LogP contribution in [-0.4, -0.2) is 14.9 Å². The van der Waals surface area contributed by atoms with Crippen molar-refractivity contribution in [3.63, 3.8) is 0 Å². The molecule has 1 N–H and O–H groups in total. The summed E-state index contributed by atoms with van der Waals surface area (Å²) in [7, 11) is 0. The van der Waals surface area contributed by atoms with Gasteiger partial charge in [0.15, 0.2) is 0 Å². The number of aromatic nitrogens is 2. The van der Waals surface area contributed by atoms with Crippen LogP contribution in [0.15, 0.2) is 72.4 Å². The summed E-state index contributed by atoms with van der Waals surface area (Å²) in [6.45, 7) is 4.42. The minimum Gasteiger partial charge on any atom is -0.388 e. The van der Waals surface area contributed by atoms with Crippen molar-refractivity contribution in [2.24, 2.45) is 11.3 Å². The number of hydrogen-bond donors (Lipinski definition) is 1. The van der Waals surface area contributed by atoms with Gasteiger partial charge in [0.1, 0.15) is 5.82 Å². The molecule has 4 heteroatoms. The predicted octanol–water partition coefficient (Wildman–Crippen LogP) is 6.56. The summed E-state index contributed by atoms with van der Waals surface area (Å²) in [5.74, 6) is -0.112. The van der Waals surface area contributed by atoms with Crippen molar-refractivity contribution in [2.75, 3.05) is 0 Å². The van der Waals surface area contributed by atoms with Crippen LogP contribution in [0, 0.1) is 24.1 Å². The first-order valence-electron chi connectivity index (χ1n) is 11.7. The van der Waals surface area contributed by atoms with Crippen LogP contribution < -0.4 is 0 Å². The first-order chi connectivity index (χ1) is 16.0. The number of rotatable bonds is 3. The molecule has 0 amide bonds. The fourth-order valence-corrected chi connectivity index (χ4v) is 6.12. The number of hydrogen-bond acceptors (Lipinski definition) is 2. The van der Waals surface area contributed by atoms with Gasteiger partial charge in [-0.1, -0.05) is 48.9 Å². The molecule has 0 radical (unpaired) electrons. The standard InChI is InChI=1S/C29H27FN2O/c1-18-7-13-25(24-6-4-3-5-23(18)24)28(33)26-14-8-20-15-27-19(16-29(20,26)2)17-31-32(27)22-11-9-21(30)10-12-22/h3-7,9-13,15,17,26,28,33H,8,14,16H2,1-2H3/t26-,28-,29+/m1/s1. The fraction of sp³-hybridized carbons (Fsp3) is 0.276. The average molecular weight is 439 g/mol. The maximum atomic E-state index is 13.4. The Bertz CT molecular complexity index is 1400. The topological polar surface area (TPSA) is 38.1 Å². The van der Waals surface area contributed by atoms with Gasteiger partial charge in [-0.05, 0) is 95.3 Å². The van der Waals surface area contributed by atoms with Crippen molar-refractivity contribution in [3.8, 4) is 5.69 Å². The number of aliphatic hydroxyl groups excluding tert-OH is 1. The number of aryl methyl sites for hydroxylation is 1. The summed E-state index contributed by atoms with van der Waals surface area (Å²) >= 11 is 0. The van der Waals surface area contributed by atoms with Gasteiger partial charge >= 0.3 is 0 Å². The van der Waals surface area contributed by atoms with Gasteiger partial charge in [0.25, 0.3) is 0 Å². The molecule has 0 aliphatic heterocycles. The third kappa shape index (κ3) is 3.08. The normalized spacial score (nSPS) is 22.7. The van der Waals surface area contributed by atoms with Crippen molar-refractivity contribution >= 4 is 16.8 Å². The van der Waals surface area contributed by atoms with Crippen LogP contribution in [0.3, 0.4) is 0 Å². The number of nitrogens with zero attached hydrogens (tertiary/aromatic N) is 2. The van der Waals surface area contributed by atoms with Crippen molar-refractivity contribution < 1.29 is 9.50 Å². The van der Waals surface area contributed by atoms with Crippen LogP contribution in [0.2, 0.25) is 0 Å². The van der Waals surface area contributed by atoms with E-state index in [9.17, 15) is 9.50 Å². The highest BCUT2D eigenvalue weighted by Crippen LogP contribution is 2.57. The Kier molecular flexibility index (Phi) is 4.56. The molecule has 0 spiro atoms. The lowest BCUT2D eigenvalue weighted by Gasteiger charge is -2.38. The Hall–Kier alpha value is -3.24. The van der Waals surface area contributed by atoms with E-state index in [4.69, 9.17) is 0 Å². The minimum absolute atomic E-state index is 0.116. The lowest BCUT2D eigenvalue weighted by Crippen LogP contribution is -2.32. The maximum Gasteiger partial charge on any atom is 0.123 e. The van der Waals surface area contributed by atoms with Crippen molar-refractivity contribution in [3.05, 3.63) is 101 Å². The third-order valence-electron chi connectivity index (χ3n) is 7.98. The third-order valence-corrected chi connectivity index (χ3v) is 7.98. The van der Waals surface area contributed by atoms with Gasteiger partial charge in [0.2, 0.25) is 0 Å². The molecule has 2 aliphatic rings. The molecule has 1 saturated carbocycles. The zero-order valence-corrected chi connectivity index (χ0v) is 18.9. The molecule has 0 unspecified atom stereocenters. The summed E-state index contributed by atoms with van der Waals surface area (Å²) in [6, 6.07) is 19.1. The predicted molar refractivity (Wildman–Crippen MR) is 130 cm³/mol. The zero-order chi connectivity index (χ0) is 22.7. The Labute approximate surface area is 193 Å². The zero-order valence-electron chi connectivity index (χ0n) is 18.9. The summed E-state index contributed by atoms with van der Waals surface area (Å²) < 4.78 is 15.3. The Morgan fingerprint density at radius 3 is 2.61 bits per heavy atom. The molecule has 1 heterocycles. The SMILES string of the molecule is Cc1ccc([C@@H](O)[C@H]2CCC3=Cc4c(cnn4-c4ccc(F)cc4)C[C@@]32C)c2ccccc12. The molecule has 1 fully saturated rings. The number of benzene rings is 3. The van der Waals surface area contributed by atoms with E-state index >= 15 is 0 Å². The van der Waals surface area contributed by atoms with E-state index in [1.165, 1.54) is 34.2 Å². The summed E-state index contributed by atoms with van der Waals surface area (Å²) in [5, 5.41) is 18.7. The first-order valence-corrected chi connectivity index (χ1v) is 11.7. The molecule has 166 valence electrons. The number of fused-ring (bicyclic) bond motifs is 3. The van der Waals surface area contributed by atoms with Crippen LogP contribution in [-0.2, 0) is 6.42 Å². The highest BCUT2D eigenvalue weighted by Gasteiger charge is 2.48. The second-order valence-corrected chi connectivity index (χ2v) is 9.81. The second kappa shape index (κ2) is 7.39. The number of halogens is 1. The van der Waals surface area contributed by atoms with Crippen molar-refractivity contribution in [1.82, 2.24) is 9.78 Å². The van der Waals surface area contributed by atoms with Gasteiger partial charge in [0.05, 0.1) is 23.7 Å². The molecule has 3 nitrogen and oxygen atoms in total. The van der Waals surface area contributed by atoms with E-state index < -0.39 is 6.10 Å². The van der Waals surface area contributed by atoms with Crippen LogP contribution in [0.1, 0.15) is 48.3 Å². The lowest BCUT2D eigenvalue weighted by atomic mass is 9.67. The van der Waals surface area contributed by atoms with E-state index in [1.807, 2.05) is 10.9 Å². The highest BCUT2D eigenvalue weighted by molar-refractivity contribution is 5.88. The first kappa shape index (κ1) is 20.4. The molecule has 33 heavy (non-hydrogen) atoms. The number of aliphatic hydroxyl groups is 1. The monoisotopic (exact) mass is 438 g/mol. The number of allylic oxidation sites excluding steroid dienone is 1. The molecule has 3 aromatic carbocycles. The smallest absolute Gasteiger partial charge is 0.123 e. The molecule has 1 aromatic heterocycles. The molecular formula is C29H27FN2O. The summed E-state index contributed by atoms with van der Waals surface area (Å²) in [4.78, 5) is 0. The summed E-state index contributed by atoms with van der Waals surface area (Å²) in [6.07, 6.45) is 6.44. The molecule has 0 saturated heterocycles. The van der Waals surface area contributed by atoms with Crippen molar-refractivity contribution in [1.29, 1.82) is 0 Å². The fourth-order valence-electron chi connectivity index (χ4n) is 6.12. The Morgan fingerprint density at radius 1 is 1.06 bits per heavy atom. The van der Waals surface area contributed by atoms with Crippen LogP contribution in [0.25, 0.3) is 22.5 Å². The molecule has 2 aliphatic carbocycles.